The normalized spacial score (nSPS) is 45.7. The fourth-order valence-electron chi connectivity index (χ4n) is 11.7. The number of hydrogen-bond acceptors (Lipinski definition) is 13. The molecular formula is C39H62N6O12+2. The number of fused-ring (bicyclic) bond motifs is 3. The van der Waals surface area contributed by atoms with Crippen LogP contribution in [0.1, 0.15) is 57.8 Å². The van der Waals surface area contributed by atoms with Gasteiger partial charge in [0.05, 0.1) is 56.4 Å². The molecule has 0 aromatic heterocycles. The van der Waals surface area contributed by atoms with E-state index in [1.54, 1.807) is 7.05 Å². The standard InChI is InChI=1S/C39H60N6O12/c1-42-38(41)44-23-5-3-4-18-10-21-31(33(50)29(18)23)34(51)30-22(32(21)49)12-20(55-2)13-24(30)56-37-35(52)36(53)39(54,25(16-46)57-37)14-19(17-8-9-43-26(40)11-17)15-45-27(47)6-7-28(45)48/h6-7,17-26,29-31,33,35-37,43,46,50,52-54H,3-5,8-16,40H2,1-2H3,(H3,41,42,44)/p+2/t17?,18?,19-,20?,21?,22?,23+,24?,25-,26?,29?,30?,31?,33?,35-,36-,37+,39-/m1/s1. The Balaban J connectivity index is 1.12. The Labute approximate surface area is 331 Å². The zero-order valence-electron chi connectivity index (χ0n) is 32.7. The van der Waals surface area contributed by atoms with E-state index in [1.165, 1.54) is 19.3 Å². The molecule has 4 saturated carbocycles. The molecule has 0 bridgehead atoms. The van der Waals surface area contributed by atoms with E-state index in [2.05, 4.69) is 10.3 Å². The van der Waals surface area contributed by atoms with Crippen molar-refractivity contribution in [3.63, 3.8) is 0 Å². The summed E-state index contributed by atoms with van der Waals surface area (Å²) in [4.78, 5) is 58.3. The van der Waals surface area contributed by atoms with E-state index < -0.39 is 96.5 Å². The number of nitrogens with zero attached hydrogens (tertiary/aromatic N) is 1. The number of carbonyl (C=O) groups is 4. The van der Waals surface area contributed by atoms with Crippen LogP contribution in [0.3, 0.4) is 0 Å². The van der Waals surface area contributed by atoms with E-state index in [9.17, 15) is 44.7 Å². The Morgan fingerprint density at radius 2 is 1.75 bits per heavy atom. The minimum absolute atomic E-state index is 0.0153. The molecule has 3 heterocycles. The summed E-state index contributed by atoms with van der Waals surface area (Å²) in [5, 5.41) is 63.4. The van der Waals surface area contributed by atoms with Crippen LogP contribution in [0, 0.1) is 47.3 Å². The Morgan fingerprint density at radius 3 is 2.42 bits per heavy atom. The molecular weight excluding hydrogens is 744 g/mol. The molecule has 7 rings (SSSR count). The molecule has 3 aliphatic heterocycles. The van der Waals surface area contributed by atoms with Crippen molar-refractivity contribution < 1.29 is 69.2 Å². The van der Waals surface area contributed by atoms with Gasteiger partial charge in [-0.25, -0.2) is 0 Å². The number of Topliss-reactive ketones (excluding diaryl/α,β-unsaturated/α-hetero) is 2. The summed E-state index contributed by atoms with van der Waals surface area (Å²) in [7, 11) is 3.19. The average molecular weight is 807 g/mol. The van der Waals surface area contributed by atoms with E-state index in [0.717, 1.165) is 24.2 Å². The number of ether oxygens (including phenoxy) is 3. The molecule has 6 fully saturated rings. The first kappa shape index (κ1) is 42.2. The number of nitrogens with two attached hydrogens (primary N) is 3. The average Bonchev–Trinajstić information content (AvgIpc) is 3.51. The van der Waals surface area contributed by atoms with Crippen molar-refractivity contribution >= 4 is 29.3 Å². The number of rotatable bonds is 10. The smallest absolute Gasteiger partial charge is 0.341 e. The molecule has 7 aliphatic rings. The summed E-state index contributed by atoms with van der Waals surface area (Å²) in [5.41, 5.74) is 10.1. The van der Waals surface area contributed by atoms with Crippen molar-refractivity contribution in [2.24, 2.45) is 58.8 Å². The largest absolute Gasteiger partial charge is 0.394 e. The van der Waals surface area contributed by atoms with Crippen LogP contribution in [0.25, 0.3) is 0 Å². The van der Waals surface area contributed by atoms with Crippen molar-refractivity contribution in [3.05, 3.63) is 12.2 Å². The summed E-state index contributed by atoms with van der Waals surface area (Å²) in [5.74, 6) is -5.61. The summed E-state index contributed by atoms with van der Waals surface area (Å²) < 4.78 is 18.2. The lowest BCUT2D eigenvalue weighted by Gasteiger charge is -2.55. The number of hydrogen-bond donors (Lipinski definition) is 10. The maximum absolute atomic E-state index is 14.7. The number of piperidine rings is 1. The van der Waals surface area contributed by atoms with Crippen LogP contribution in [0.5, 0.6) is 0 Å². The summed E-state index contributed by atoms with van der Waals surface area (Å²) >= 11 is 0. The minimum Gasteiger partial charge on any atom is -0.394 e. The first-order chi connectivity index (χ1) is 27.2. The predicted octanol–water partition coefficient (Wildman–Crippen LogP) is -5.68. The number of carbonyl (C=O) groups excluding carboxylic acids is 4. The topological polar surface area (TPSA) is 295 Å². The van der Waals surface area contributed by atoms with Gasteiger partial charge >= 0.3 is 5.96 Å². The fraction of sp³-hybridized carbons (Fsp3) is 0.821. The van der Waals surface area contributed by atoms with Crippen molar-refractivity contribution in [2.75, 3.05) is 33.9 Å². The van der Waals surface area contributed by atoms with Gasteiger partial charge in [0.2, 0.25) is 0 Å². The van der Waals surface area contributed by atoms with Gasteiger partial charge < -0.3 is 45.1 Å². The van der Waals surface area contributed by atoms with Crippen LogP contribution in [-0.4, -0.2) is 154 Å². The number of amides is 2. The number of guanidine groups is 1. The second-order valence-electron chi connectivity index (χ2n) is 17.6. The first-order valence-corrected chi connectivity index (χ1v) is 20.7. The Morgan fingerprint density at radius 1 is 1.04 bits per heavy atom. The number of aliphatic hydroxyl groups is 5. The lowest BCUT2D eigenvalue weighted by Crippen LogP contribution is -2.94. The lowest BCUT2D eigenvalue weighted by atomic mass is 9.51. The van der Waals surface area contributed by atoms with E-state index in [-0.39, 0.29) is 67.3 Å². The quantitative estimate of drug-likeness (QED) is 0.0559. The number of imide groups is 1. The summed E-state index contributed by atoms with van der Waals surface area (Å²) in [6.07, 6.45) is -3.36. The highest BCUT2D eigenvalue weighted by atomic mass is 16.7. The molecule has 18 heteroatoms. The molecule has 18 nitrogen and oxygen atoms in total. The van der Waals surface area contributed by atoms with E-state index in [4.69, 9.17) is 25.7 Å². The monoisotopic (exact) mass is 806 g/mol. The molecule has 2 amide bonds. The third-order valence-corrected chi connectivity index (χ3v) is 14.6. The predicted molar refractivity (Wildman–Crippen MR) is 198 cm³/mol. The van der Waals surface area contributed by atoms with Crippen LogP contribution in [-0.2, 0) is 33.4 Å². The number of methoxy groups -OCH3 is 1. The van der Waals surface area contributed by atoms with E-state index in [1.807, 2.05) is 5.32 Å². The van der Waals surface area contributed by atoms with Crippen LogP contribution in [0.15, 0.2) is 12.2 Å². The van der Waals surface area contributed by atoms with Gasteiger partial charge in [-0.2, -0.15) is 0 Å². The molecule has 11 unspecified atom stereocenters. The lowest BCUT2D eigenvalue weighted by molar-refractivity contribution is -0.699. The number of nitrogens with one attached hydrogen (secondary N) is 2. The minimum atomic E-state index is -2.27. The highest BCUT2D eigenvalue weighted by Crippen LogP contribution is 2.53. The number of aliphatic hydroxyl groups excluding tert-OH is 4. The highest BCUT2D eigenvalue weighted by molar-refractivity contribution is 6.12. The third kappa shape index (κ3) is 7.82. The van der Waals surface area contributed by atoms with E-state index in [0.29, 0.717) is 31.8 Å². The van der Waals surface area contributed by atoms with Gasteiger partial charge in [-0.05, 0) is 62.7 Å². The van der Waals surface area contributed by atoms with Gasteiger partial charge in [-0.3, -0.25) is 45.9 Å². The Kier molecular flexibility index (Phi) is 12.6. The Bertz CT molecular complexity index is 1580. The molecule has 13 N–H and O–H groups in total. The molecule has 0 spiro atoms. The van der Waals surface area contributed by atoms with Crippen molar-refractivity contribution in [1.29, 1.82) is 0 Å². The molecule has 18 atom stereocenters. The van der Waals surface area contributed by atoms with Gasteiger partial charge in [0.15, 0.2) is 6.29 Å². The van der Waals surface area contributed by atoms with Crippen LogP contribution in [0.2, 0.25) is 0 Å². The molecule has 57 heavy (non-hydrogen) atoms. The first-order valence-electron chi connectivity index (χ1n) is 20.7. The number of ketones is 2. The van der Waals surface area contributed by atoms with Crippen LogP contribution in [0.4, 0.5) is 0 Å². The number of quaternary nitrogens is 1. The molecule has 0 radical (unpaired) electrons. The third-order valence-electron chi connectivity index (χ3n) is 14.6. The Hall–Kier alpha value is -2.91. The van der Waals surface area contributed by atoms with Crippen molar-refractivity contribution in [1.82, 2.24) is 10.2 Å². The van der Waals surface area contributed by atoms with E-state index >= 15 is 0 Å². The summed E-state index contributed by atoms with van der Waals surface area (Å²) in [6.45, 7) is -0.222. The van der Waals surface area contributed by atoms with Gasteiger partial charge in [0.1, 0.15) is 41.6 Å². The van der Waals surface area contributed by atoms with Gasteiger partial charge in [-0.15, -0.1) is 0 Å². The molecule has 0 aromatic rings. The van der Waals surface area contributed by atoms with Gasteiger partial charge in [0, 0.05) is 56.4 Å². The molecule has 2 saturated heterocycles. The molecule has 0 aromatic carbocycles. The second kappa shape index (κ2) is 17.0. The van der Waals surface area contributed by atoms with Crippen molar-refractivity contribution in [2.45, 2.75) is 119 Å². The second-order valence-corrected chi connectivity index (χ2v) is 17.6. The van der Waals surface area contributed by atoms with Crippen LogP contribution < -0.4 is 27.1 Å². The molecule has 318 valence electrons. The van der Waals surface area contributed by atoms with Crippen LogP contribution >= 0.6 is 0 Å². The van der Waals surface area contributed by atoms with Crippen molar-refractivity contribution in [3.8, 4) is 0 Å². The summed E-state index contributed by atoms with van der Waals surface area (Å²) in [6, 6.07) is -0.203. The maximum atomic E-state index is 14.7. The fourth-order valence-corrected chi connectivity index (χ4v) is 11.7. The molecule has 4 aliphatic carbocycles. The highest BCUT2D eigenvalue weighted by Gasteiger charge is 2.63. The zero-order valence-corrected chi connectivity index (χ0v) is 32.7. The van der Waals surface area contributed by atoms with Gasteiger partial charge in [-0.1, -0.05) is 0 Å². The maximum Gasteiger partial charge on any atom is 0.341 e. The SMILES string of the molecule is C[NH+]=C(N)N[C@H]1CCCC2CC3C(=O)C4CC(OC)CC(O[C@H]5O[C@H](CO)[C@](O)(C[C@H](CN6C(=O)C=CC6=O)C6CC[NH2+]C(N)C6)[C@H](O)[C@H]5O)C4C(=O)C3C(O)C21. The van der Waals surface area contributed by atoms with Gasteiger partial charge in [0.25, 0.3) is 11.8 Å². The zero-order chi connectivity index (χ0) is 40.9.